The van der Waals surface area contributed by atoms with Gasteiger partial charge in [-0.15, -0.1) is 0 Å². The van der Waals surface area contributed by atoms with Crippen LogP contribution < -0.4 is 0 Å². The third-order valence-electron chi connectivity index (χ3n) is 2.12. The predicted octanol–water partition coefficient (Wildman–Crippen LogP) is 0.823. The molecule has 15 heavy (non-hydrogen) atoms. The van der Waals surface area contributed by atoms with E-state index in [-0.39, 0.29) is 0 Å². The fourth-order valence-electron chi connectivity index (χ4n) is 1.45. The number of rotatable bonds is 1. The topological polar surface area (TPSA) is 71.8 Å². The highest BCUT2D eigenvalue weighted by atomic mass is 15.3. The highest BCUT2D eigenvalue weighted by Crippen LogP contribution is 2.18. The average molecular weight is 200 g/mol. The van der Waals surface area contributed by atoms with Crippen molar-refractivity contribution in [3.8, 4) is 11.4 Å². The Bertz CT molecular complexity index is 608. The summed E-state index contributed by atoms with van der Waals surface area (Å²) in [7, 11) is 0. The van der Waals surface area contributed by atoms with E-state index in [9.17, 15) is 0 Å². The molecule has 74 valence electrons. The van der Waals surface area contributed by atoms with Gasteiger partial charge in [-0.3, -0.25) is 5.10 Å². The van der Waals surface area contributed by atoms with Crippen molar-refractivity contribution in [1.82, 2.24) is 29.8 Å². The van der Waals surface area contributed by atoms with Crippen molar-refractivity contribution in [3.63, 3.8) is 0 Å². The van der Waals surface area contributed by atoms with Gasteiger partial charge in [-0.2, -0.15) is 10.2 Å². The second kappa shape index (κ2) is 2.88. The molecular formula is C9H8N6. The van der Waals surface area contributed by atoms with Gasteiger partial charge in [-0.25, -0.2) is 14.5 Å². The van der Waals surface area contributed by atoms with Crippen LogP contribution in [0.25, 0.3) is 17.0 Å². The molecule has 0 fully saturated rings. The summed E-state index contributed by atoms with van der Waals surface area (Å²) < 4.78 is 1.70. The molecule has 0 saturated heterocycles. The van der Waals surface area contributed by atoms with E-state index in [1.54, 1.807) is 16.9 Å². The van der Waals surface area contributed by atoms with Gasteiger partial charge in [0.15, 0.2) is 11.5 Å². The molecule has 0 amide bonds. The van der Waals surface area contributed by atoms with Crippen LogP contribution >= 0.6 is 0 Å². The maximum atomic E-state index is 4.24. The maximum Gasteiger partial charge on any atom is 0.186 e. The van der Waals surface area contributed by atoms with Crippen LogP contribution in [0.5, 0.6) is 0 Å². The molecule has 6 nitrogen and oxygen atoms in total. The minimum atomic E-state index is 0.626. The lowest BCUT2D eigenvalue weighted by atomic mass is 10.3. The highest BCUT2D eigenvalue weighted by molar-refractivity contribution is 5.71. The standard InChI is InChI=1S/C9H8N6/c1-6-12-8(14-13-6)7-5-11-15-4-2-3-10-9(7)15/h2-5H,1H3,(H,12,13,14). The molecule has 0 unspecified atom stereocenters. The van der Waals surface area contributed by atoms with Crippen LogP contribution in [-0.4, -0.2) is 29.8 Å². The molecule has 0 aromatic carbocycles. The molecule has 3 heterocycles. The molecule has 0 aliphatic heterocycles. The van der Waals surface area contributed by atoms with E-state index in [2.05, 4.69) is 25.3 Å². The molecule has 3 aromatic rings. The fourth-order valence-corrected chi connectivity index (χ4v) is 1.45. The van der Waals surface area contributed by atoms with E-state index < -0.39 is 0 Å². The van der Waals surface area contributed by atoms with E-state index in [1.807, 2.05) is 19.2 Å². The van der Waals surface area contributed by atoms with Crippen LogP contribution in [0.2, 0.25) is 0 Å². The predicted molar refractivity (Wildman–Crippen MR) is 53.1 cm³/mol. The number of H-pyrrole nitrogens is 1. The number of nitrogens with one attached hydrogen (secondary N) is 1. The summed E-state index contributed by atoms with van der Waals surface area (Å²) in [5, 5.41) is 11.0. The second-order valence-corrected chi connectivity index (χ2v) is 3.19. The first-order valence-corrected chi connectivity index (χ1v) is 4.52. The number of nitrogens with zero attached hydrogens (tertiary/aromatic N) is 5. The smallest absolute Gasteiger partial charge is 0.186 e. The lowest BCUT2D eigenvalue weighted by Gasteiger charge is -1.91. The lowest BCUT2D eigenvalue weighted by molar-refractivity contribution is 0.939. The summed E-state index contributed by atoms with van der Waals surface area (Å²) in [6.45, 7) is 1.86. The Kier molecular flexibility index (Phi) is 1.55. The Morgan fingerprint density at radius 1 is 1.40 bits per heavy atom. The molecule has 0 aliphatic rings. The van der Waals surface area contributed by atoms with Crippen LogP contribution in [-0.2, 0) is 0 Å². The quantitative estimate of drug-likeness (QED) is 0.631. The first-order valence-electron chi connectivity index (χ1n) is 4.52. The molecule has 0 radical (unpaired) electrons. The van der Waals surface area contributed by atoms with E-state index in [0.29, 0.717) is 5.82 Å². The van der Waals surface area contributed by atoms with Crippen molar-refractivity contribution in [3.05, 3.63) is 30.5 Å². The number of aryl methyl sites for hydroxylation is 1. The first kappa shape index (κ1) is 8.10. The zero-order valence-electron chi connectivity index (χ0n) is 8.05. The summed E-state index contributed by atoms with van der Waals surface area (Å²) in [5.74, 6) is 1.40. The summed E-state index contributed by atoms with van der Waals surface area (Å²) in [4.78, 5) is 8.48. The molecule has 0 spiro atoms. The number of hydrogen-bond donors (Lipinski definition) is 1. The first-order chi connectivity index (χ1) is 7.34. The van der Waals surface area contributed by atoms with Crippen LogP contribution in [0.1, 0.15) is 5.82 Å². The summed E-state index contributed by atoms with van der Waals surface area (Å²) >= 11 is 0. The molecule has 0 atom stereocenters. The molecular weight excluding hydrogens is 192 g/mol. The van der Waals surface area contributed by atoms with Gasteiger partial charge in [0.05, 0.1) is 11.8 Å². The Morgan fingerprint density at radius 2 is 2.33 bits per heavy atom. The van der Waals surface area contributed by atoms with Crippen LogP contribution in [0, 0.1) is 6.92 Å². The number of aromatic nitrogens is 6. The minimum Gasteiger partial charge on any atom is -0.263 e. The van der Waals surface area contributed by atoms with E-state index in [1.165, 1.54) is 0 Å². The molecule has 3 aromatic heterocycles. The van der Waals surface area contributed by atoms with E-state index >= 15 is 0 Å². The van der Waals surface area contributed by atoms with Gasteiger partial charge in [-0.05, 0) is 13.0 Å². The second-order valence-electron chi connectivity index (χ2n) is 3.19. The third kappa shape index (κ3) is 1.18. The monoisotopic (exact) mass is 200 g/mol. The Hall–Kier alpha value is -2.24. The van der Waals surface area contributed by atoms with Crippen molar-refractivity contribution in [2.45, 2.75) is 6.92 Å². The van der Waals surface area contributed by atoms with Crippen LogP contribution in [0.15, 0.2) is 24.7 Å². The zero-order valence-corrected chi connectivity index (χ0v) is 8.05. The SMILES string of the molecule is Cc1nc(-c2cnn3cccnc23)n[nH]1. The van der Waals surface area contributed by atoms with Gasteiger partial charge >= 0.3 is 0 Å². The molecule has 0 saturated carbocycles. The molecule has 3 rings (SSSR count). The maximum absolute atomic E-state index is 4.24. The average Bonchev–Trinajstić information content (AvgIpc) is 2.83. The number of hydrogen-bond acceptors (Lipinski definition) is 4. The van der Waals surface area contributed by atoms with E-state index in [0.717, 1.165) is 17.0 Å². The molecule has 0 aliphatic carbocycles. The normalized spacial score (nSPS) is 11.0. The molecule has 0 bridgehead atoms. The molecule has 6 heteroatoms. The zero-order chi connectivity index (χ0) is 10.3. The van der Waals surface area contributed by atoms with Crippen molar-refractivity contribution < 1.29 is 0 Å². The van der Waals surface area contributed by atoms with Crippen molar-refractivity contribution in [1.29, 1.82) is 0 Å². The van der Waals surface area contributed by atoms with Gasteiger partial charge in [0.2, 0.25) is 0 Å². The summed E-state index contributed by atoms with van der Waals surface area (Å²) in [6, 6.07) is 1.83. The van der Waals surface area contributed by atoms with Crippen LogP contribution in [0.3, 0.4) is 0 Å². The highest BCUT2D eigenvalue weighted by Gasteiger charge is 2.10. The van der Waals surface area contributed by atoms with Gasteiger partial charge in [0.25, 0.3) is 0 Å². The Labute approximate surface area is 85.0 Å². The van der Waals surface area contributed by atoms with Crippen molar-refractivity contribution in [2.75, 3.05) is 0 Å². The van der Waals surface area contributed by atoms with Crippen molar-refractivity contribution >= 4 is 5.65 Å². The number of aromatic amines is 1. The third-order valence-corrected chi connectivity index (χ3v) is 2.12. The van der Waals surface area contributed by atoms with Crippen molar-refractivity contribution in [2.24, 2.45) is 0 Å². The summed E-state index contributed by atoms with van der Waals surface area (Å²) in [6.07, 6.45) is 5.27. The van der Waals surface area contributed by atoms with E-state index in [4.69, 9.17) is 0 Å². The van der Waals surface area contributed by atoms with Gasteiger partial charge in [0, 0.05) is 12.4 Å². The van der Waals surface area contributed by atoms with Gasteiger partial charge < -0.3 is 0 Å². The number of fused-ring (bicyclic) bond motifs is 1. The summed E-state index contributed by atoms with van der Waals surface area (Å²) in [5.41, 5.74) is 1.59. The van der Waals surface area contributed by atoms with Crippen LogP contribution in [0.4, 0.5) is 0 Å². The molecule has 1 N–H and O–H groups in total. The fraction of sp³-hybridized carbons (Fsp3) is 0.111. The Morgan fingerprint density at radius 3 is 3.13 bits per heavy atom. The van der Waals surface area contributed by atoms with Gasteiger partial charge in [-0.1, -0.05) is 0 Å². The largest absolute Gasteiger partial charge is 0.263 e. The van der Waals surface area contributed by atoms with Gasteiger partial charge in [0.1, 0.15) is 5.82 Å². The Balaban J connectivity index is 2.27. The minimum absolute atomic E-state index is 0.626. The lowest BCUT2D eigenvalue weighted by Crippen LogP contribution is -1.88.